The Morgan fingerprint density at radius 1 is 0.735 bits per heavy atom. The average molecular weight is 685 g/mol. The van der Waals surface area contributed by atoms with Crippen molar-refractivity contribution in [1.29, 1.82) is 10.8 Å². The highest BCUT2D eigenvalue weighted by molar-refractivity contribution is 5.95. The highest BCUT2D eigenvalue weighted by Gasteiger charge is 2.38. The molecule has 0 aliphatic carbocycles. The highest BCUT2D eigenvalue weighted by atomic mass is 19.4. The summed E-state index contributed by atoms with van der Waals surface area (Å²) in [6.45, 7) is 0.339. The third kappa shape index (κ3) is 14.2. The van der Waals surface area contributed by atoms with E-state index < -0.39 is 42.0 Å². The van der Waals surface area contributed by atoms with E-state index in [0.29, 0.717) is 24.9 Å². The largest absolute Gasteiger partial charge is 0.490 e. The zero-order valence-electron chi connectivity index (χ0n) is 26.3. The molecule has 3 rings (SSSR count). The molecule has 3 amide bonds. The maximum Gasteiger partial charge on any atom is 0.490 e. The molecule has 0 aromatic heterocycles. The van der Waals surface area contributed by atoms with Gasteiger partial charge in [-0.15, -0.1) is 0 Å². The number of hydrogen-bond donors (Lipinski definition) is 9. The van der Waals surface area contributed by atoms with Gasteiger partial charge in [-0.3, -0.25) is 25.2 Å². The number of carbonyl (C=O) groups excluding carboxylic acids is 3. The summed E-state index contributed by atoms with van der Waals surface area (Å²) in [7, 11) is 0. The van der Waals surface area contributed by atoms with Crippen LogP contribution in [0.25, 0.3) is 0 Å². The van der Waals surface area contributed by atoms with Crippen LogP contribution in [0.2, 0.25) is 0 Å². The number of carboxylic acid groups (broad SMARTS) is 1. The van der Waals surface area contributed by atoms with Crippen molar-refractivity contribution in [3.8, 4) is 0 Å². The minimum atomic E-state index is -5.08. The Labute approximate surface area is 280 Å². The smallest absolute Gasteiger partial charge is 0.475 e. The fourth-order valence-corrected chi connectivity index (χ4v) is 4.52. The third-order valence-electron chi connectivity index (χ3n) is 7.03. The van der Waals surface area contributed by atoms with Gasteiger partial charge in [0.15, 0.2) is 5.96 Å². The maximum absolute atomic E-state index is 13.8. The summed E-state index contributed by atoms with van der Waals surface area (Å²) >= 11 is 0. The van der Waals surface area contributed by atoms with Gasteiger partial charge in [0.05, 0.1) is 5.92 Å². The fourth-order valence-electron chi connectivity index (χ4n) is 4.52. The van der Waals surface area contributed by atoms with Crippen molar-refractivity contribution in [2.75, 3.05) is 6.54 Å². The van der Waals surface area contributed by atoms with Crippen LogP contribution in [0.15, 0.2) is 84.9 Å². The minimum Gasteiger partial charge on any atom is -0.475 e. The van der Waals surface area contributed by atoms with Gasteiger partial charge < -0.3 is 38.3 Å². The molecule has 262 valence electrons. The summed E-state index contributed by atoms with van der Waals surface area (Å²) in [6.07, 6.45) is -3.87. The van der Waals surface area contributed by atoms with Crippen LogP contribution in [0.3, 0.4) is 0 Å². The summed E-state index contributed by atoms with van der Waals surface area (Å²) in [5.41, 5.74) is 19.5. The maximum atomic E-state index is 13.8. The molecule has 12 N–H and O–H groups in total. The quantitative estimate of drug-likeness (QED) is 0.0648. The van der Waals surface area contributed by atoms with Crippen LogP contribution in [-0.4, -0.2) is 65.4 Å². The van der Waals surface area contributed by atoms with Crippen molar-refractivity contribution in [2.45, 2.75) is 49.9 Å². The second-order valence-corrected chi connectivity index (χ2v) is 10.8. The molecule has 0 heterocycles. The lowest BCUT2D eigenvalue weighted by atomic mass is 9.90. The van der Waals surface area contributed by atoms with E-state index in [-0.39, 0.29) is 30.5 Å². The van der Waals surface area contributed by atoms with Crippen LogP contribution >= 0.6 is 0 Å². The summed E-state index contributed by atoms with van der Waals surface area (Å²) in [5, 5.41) is 30.3. The van der Waals surface area contributed by atoms with Crippen LogP contribution in [0.4, 0.5) is 13.2 Å². The van der Waals surface area contributed by atoms with Gasteiger partial charge in [0.1, 0.15) is 17.9 Å². The van der Waals surface area contributed by atoms with Crippen LogP contribution < -0.4 is 33.2 Å². The van der Waals surface area contributed by atoms with E-state index in [2.05, 4.69) is 16.0 Å². The molecule has 13 nitrogen and oxygen atoms in total. The first kappa shape index (κ1) is 39.2. The zero-order chi connectivity index (χ0) is 36.6. The van der Waals surface area contributed by atoms with Gasteiger partial charge in [0.2, 0.25) is 17.7 Å². The number of rotatable bonds is 15. The van der Waals surface area contributed by atoms with Crippen LogP contribution in [0.5, 0.6) is 0 Å². The molecule has 3 aromatic rings. The number of primary amides is 1. The molecule has 3 aromatic carbocycles. The third-order valence-corrected chi connectivity index (χ3v) is 7.03. The number of carboxylic acids is 1. The number of hydrogen-bond acceptors (Lipinski definition) is 6. The Bertz CT molecular complexity index is 1570. The average Bonchev–Trinajstić information content (AvgIpc) is 3.05. The summed E-state index contributed by atoms with van der Waals surface area (Å²) < 4.78 is 31.7. The first-order chi connectivity index (χ1) is 23.1. The Morgan fingerprint density at radius 3 is 1.73 bits per heavy atom. The number of nitrogen functional groups attached to an aromatic ring is 1. The molecule has 0 fully saturated rings. The van der Waals surface area contributed by atoms with Crippen LogP contribution in [-0.2, 0) is 32.0 Å². The first-order valence-corrected chi connectivity index (χ1v) is 14.9. The van der Waals surface area contributed by atoms with Gasteiger partial charge in [-0.25, -0.2) is 4.79 Å². The Morgan fingerprint density at radius 2 is 1.24 bits per heavy atom. The molecular formula is C33H39F3N8O5. The standard InChI is InChI=1S/C31H38N8O3.C2HF3O2/c32-27(33)23-15-13-21(14-16-23)18-24(22-10-5-2-6-11-22)29(41)39-26(19-20-8-3-1-4-9-20)30(42)38-25(28(34)40)12-7-17-37-31(35)36;3-2(4,5)1(6)7/h1-6,8-11,13-16,24-26H,7,12,17-19H2,(H3,32,33)(H2,34,40)(H,38,42)(H,39,41)(H4,35,36,37);(H,6,7)/t24-,25?,26-;/m0./s1. The van der Waals surface area contributed by atoms with Crippen LogP contribution in [0.1, 0.15) is 41.0 Å². The van der Waals surface area contributed by atoms with Crippen LogP contribution in [0, 0.1) is 10.8 Å². The van der Waals surface area contributed by atoms with E-state index in [9.17, 15) is 27.6 Å². The molecule has 0 bridgehead atoms. The molecule has 0 aliphatic heterocycles. The number of nitrogens with two attached hydrogens (primary N) is 3. The van der Waals surface area contributed by atoms with E-state index in [1.165, 1.54) is 0 Å². The normalized spacial score (nSPS) is 12.6. The Balaban J connectivity index is 0.00000107. The predicted octanol–water partition coefficient (Wildman–Crippen LogP) is 1.89. The van der Waals surface area contributed by atoms with Crippen molar-refractivity contribution < 1.29 is 37.5 Å². The number of amides is 3. The lowest BCUT2D eigenvalue weighted by molar-refractivity contribution is -0.192. The van der Waals surface area contributed by atoms with E-state index in [4.69, 9.17) is 37.9 Å². The molecular weight excluding hydrogens is 645 g/mol. The second-order valence-electron chi connectivity index (χ2n) is 10.8. The van der Waals surface area contributed by atoms with Crippen molar-refractivity contribution in [3.63, 3.8) is 0 Å². The van der Waals surface area contributed by atoms with Gasteiger partial charge in [0, 0.05) is 18.5 Å². The number of guanidine groups is 1. The lowest BCUT2D eigenvalue weighted by Gasteiger charge is -2.25. The second kappa shape index (κ2) is 19.0. The number of aliphatic carboxylic acids is 1. The summed E-state index contributed by atoms with van der Waals surface area (Å²) in [6, 6.07) is 23.7. The van der Waals surface area contributed by atoms with Crippen molar-refractivity contribution in [2.24, 2.45) is 17.2 Å². The number of alkyl halides is 3. The molecule has 1 unspecified atom stereocenters. The number of amidine groups is 1. The topological polar surface area (TPSA) is 250 Å². The van der Waals surface area contributed by atoms with E-state index in [1.807, 2.05) is 72.8 Å². The molecule has 0 radical (unpaired) electrons. The first-order valence-electron chi connectivity index (χ1n) is 14.9. The summed E-state index contributed by atoms with van der Waals surface area (Å²) in [4.78, 5) is 48.4. The molecule has 0 aliphatic rings. The predicted molar refractivity (Wildman–Crippen MR) is 176 cm³/mol. The molecule has 49 heavy (non-hydrogen) atoms. The number of benzene rings is 3. The van der Waals surface area contributed by atoms with E-state index in [1.54, 1.807) is 12.1 Å². The Kier molecular flexibility index (Phi) is 15.2. The van der Waals surface area contributed by atoms with Crippen molar-refractivity contribution >= 4 is 35.5 Å². The molecule has 0 saturated heterocycles. The molecule has 0 spiro atoms. The van der Waals surface area contributed by atoms with Gasteiger partial charge in [-0.1, -0.05) is 84.9 Å². The van der Waals surface area contributed by atoms with Crippen molar-refractivity contribution in [1.82, 2.24) is 16.0 Å². The summed E-state index contributed by atoms with van der Waals surface area (Å²) in [5.74, 6) is -5.20. The molecule has 16 heteroatoms. The fraction of sp³-hybridized carbons (Fsp3) is 0.273. The lowest BCUT2D eigenvalue weighted by Crippen LogP contribution is -2.54. The van der Waals surface area contributed by atoms with Gasteiger partial charge in [-0.2, -0.15) is 13.2 Å². The number of halogens is 3. The van der Waals surface area contributed by atoms with Gasteiger partial charge in [0.25, 0.3) is 0 Å². The monoisotopic (exact) mass is 684 g/mol. The Hall–Kier alpha value is -5.93. The molecule has 0 saturated carbocycles. The SMILES string of the molecule is N=C(N)NCCCC(NC(=O)[C@H](Cc1ccccc1)NC(=O)[C@@H](Cc1ccc(C(=N)N)cc1)c1ccccc1)C(N)=O.O=C(O)C(F)(F)F. The van der Waals surface area contributed by atoms with Gasteiger partial charge in [-0.05, 0) is 36.0 Å². The van der Waals surface area contributed by atoms with Crippen molar-refractivity contribution in [3.05, 3.63) is 107 Å². The molecule has 3 atom stereocenters. The van der Waals surface area contributed by atoms with E-state index in [0.717, 1.165) is 16.7 Å². The van der Waals surface area contributed by atoms with Gasteiger partial charge >= 0.3 is 12.1 Å². The highest BCUT2D eigenvalue weighted by Crippen LogP contribution is 2.22. The number of carbonyl (C=O) groups is 4. The van der Waals surface area contributed by atoms with E-state index >= 15 is 0 Å². The number of nitrogens with one attached hydrogen (secondary N) is 5. The minimum absolute atomic E-state index is 0.0435. The zero-order valence-corrected chi connectivity index (χ0v) is 26.3.